The van der Waals surface area contributed by atoms with Crippen molar-refractivity contribution in [2.45, 2.75) is 4.90 Å². The van der Waals surface area contributed by atoms with E-state index in [0.717, 1.165) is 0 Å². The number of rotatable bonds is 4. The first kappa shape index (κ1) is 14.7. The average molecular weight is 357 g/mol. The Morgan fingerprint density at radius 1 is 1.15 bits per heavy atom. The molecule has 0 bridgehead atoms. The maximum atomic E-state index is 12.3. The summed E-state index contributed by atoms with van der Waals surface area (Å²) in [6.45, 7) is 0. The molecule has 106 valence electrons. The van der Waals surface area contributed by atoms with Crippen molar-refractivity contribution in [1.82, 2.24) is 0 Å². The minimum atomic E-state index is -3.70. The van der Waals surface area contributed by atoms with Gasteiger partial charge in [0.1, 0.15) is 10.6 Å². The minimum absolute atomic E-state index is 0.0910. The smallest absolute Gasteiger partial charge is 0.263 e. The van der Waals surface area contributed by atoms with Gasteiger partial charge in [0.05, 0.1) is 7.11 Å². The summed E-state index contributed by atoms with van der Waals surface area (Å²) in [7, 11) is -2.16. The lowest BCUT2D eigenvalue weighted by atomic mass is 10.3. The summed E-state index contributed by atoms with van der Waals surface area (Å²) in [5.74, 6) is 0.651. The Kier molecular flexibility index (Phi) is 4.20. The third-order valence-corrected chi connectivity index (χ3v) is 4.96. The van der Waals surface area contributed by atoms with Crippen molar-refractivity contribution in [1.29, 1.82) is 0 Å². The van der Waals surface area contributed by atoms with Gasteiger partial charge in [-0.15, -0.1) is 0 Å². The predicted molar refractivity (Wildman–Crippen MR) is 82.4 cm³/mol. The van der Waals surface area contributed by atoms with Crippen LogP contribution in [-0.4, -0.2) is 15.5 Å². The molecule has 0 spiro atoms. The third-order valence-electron chi connectivity index (χ3n) is 2.59. The summed E-state index contributed by atoms with van der Waals surface area (Å²) < 4.78 is 32.6. The molecule has 0 saturated heterocycles. The van der Waals surface area contributed by atoms with Crippen LogP contribution in [0.15, 0.2) is 51.8 Å². The molecular formula is C13H13BrN2O3S. The Hall–Kier alpha value is -1.73. The van der Waals surface area contributed by atoms with Gasteiger partial charge in [-0.1, -0.05) is 0 Å². The molecule has 0 radical (unpaired) electrons. The highest BCUT2D eigenvalue weighted by atomic mass is 79.9. The number of nitrogen functional groups attached to an aromatic ring is 1. The van der Waals surface area contributed by atoms with E-state index in [4.69, 9.17) is 10.5 Å². The molecule has 0 aliphatic heterocycles. The lowest BCUT2D eigenvalue weighted by molar-refractivity contribution is 0.415. The van der Waals surface area contributed by atoms with E-state index in [9.17, 15) is 8.42 Å². The first-order valence-electron chi connectivity index (χ1n) is 5.64. The van der Waals surface area contributed by atoms with E-state index in [1.807, 2.05) is 0 Å². The molecule has 0 aliphatic rings. The van der Waals surface area contributed by atoms with Crippen molar-refractivity contribution in [3.63, 3.8) is 0 Å². The van der Waals surface area contributed by atoms with Gasteiger partial charge < -0.3 is 10.5 Å². The van der Waals surface area contributed by atoms with Gasteiger partial charge in [-0.2, -0.15) is 0 Å². The van der Waals surface area contributed by atoms with Crippen LogP contribution < -0.4 is 15.2 Å². The van der Waals surface area contributed by atoms with Gasteiger partial charge in [0.2, 0.25) is 0 Å². The van der Waals surface area contributed by atoms with Gasteiger partial charge in [-0.25, -0.2) is 8.42 Å². The van der Waals surface area contributed by atoms with Crippen molar-refractivity contribution >= 4 is 37.3 Å². The zero-order valence-corrected chi connectivity index (χ0v) is 13.0. The number of hydrogen-bond donors (Lipinski definition) is 2. The Morgan fingerprint density at radius 3 is 2.40 bits per heavy atom. The molecule has 2 rings (SSSR count). The lowest BCUT2D eigenvalue weighted by Crippen LogP contribution is -2.13. The molecular weight excluding hydrogens is 344 g/mol. The van der Waals surface area contributed by atoms with Crippen LogP contribution in [0.3, 0.4) is 0 Å². The van der Waals surface area contributed by atoms with Crippen LogP contribution >= 0.6 is 15.9 Å². The van der Waals surface area contributed by atoms with Crippen molar-refractivity contribution in [3.05, 3.63) is 46.9 Å². The van der Waals surface area contributed by atoms with E-state index >= 15 is 0 Å². The molecule has 0 atom stereocenters. The van der Waals surface area contributed by atoms with Crippen LogP contribution in [0.1, 0.15) is 0 Å². The quantitative estimate of drug-likeness (QED) is 0.825. The molecule has 3 N–H and O–H groups in total. The molecule has 0 amide bonds. The third kappa shape index (κ3) is 3.23. The molecule has 0 heterocycles. The second kappa shape index (κ2) is 5.72. The maximum absolute atomic E-state index is 12.3. The maximum Gasteiger partial charge on any atom is 0.263 e. The van der Waals surface area contributed by atoms with Crippen LogP contribution in [0.2, 0.25) is 0 Å². The fourth-order valence-electron chi connectivity index (χ4n) is 1.60. The van der Waals surface area contributed by atoms with Crippen molar-refractivity contribution < 1.29 is 13.2 Å². The standard InChI is InChI=1S/C13H13BrN2O3S/c1-19-11-5-3-10(4-6-11)16-20(17,18)13-8-9(15)2-7-12(13)14/h2-8,16H,15H2,1H3. The second-order valence-corrected chi connectivity index (χ2v) is 6.53. The molecule has 0 saturated carbocycles. The zero-order chi connectivity index (χ0) is 14.8. The monoisotopic (exact) mass is 356 g/mol. The highest BCUT2D eigenvalue weighted by molar-refractivity contribution is 9.10. The lowest BCUT2D eigenvalue weighted by Gasteiger charge is -2.10. The molecule has 5 nitrogen and oxygen atoms in total. The molecule has 7 heteroatoms. The molecule has 0 unspecified atom stereocenters. The number of sulfonamides is 1. The van der Waals surface area contributed by atoms with Gasteiger partial charge in [-0.3, -0.25) is 4.72 Å². The topological polar surface area (TPSA) is 81.4 Å². The summed E-state index contributed by atoms with van der Waals surface area (Å²) in [4.78, 5) is 0.0910. The molecule has 0 fully saturated rings. The Morgan fingerprint density at radius 2 is 1.80 bits per heavy atom. The summed E-state index contributed by atoms with van der Waals surface area (Å²) in [6, 6.07) is 11.2. The number of nitrogens with two attached hydrogens (primary N) is 1. The minimum Gasteiger partial charge on any atom is -0.497 e. The van der Waals surface area contributed by atoms with E-state index in [1.165, 1.54) is 6.07 Å². The Balaban J connectivity index is 2.32. The summed E-state index contributed by atoms with van der Waals surface area (Å²) in [5.41, 5.74) is 6.45. The van der Waals surface area contributed by atoms with E-state index < -0.39 is 10.0 Å². The van der Waals surface area contributed by atoms with Crippen LogP contribution in [0.5, 0.6) is 5.75 Å². The van der Waals surface area contributed by atoms with Crippen molar-refractivity contribution in [3.8, 4) is 5.75 Å². The summed E-state index contributed by atoms with van der Waals surface area (Å²) in [6.07, 6.45) is 0. The van der Waals surface area contributed by atoms with E-state index in [0.29, 0.717) is 21.6 Å². The predicted octanol–water partition coefficient (Wildman–Crippen LogP) is 2.84. The zero-order valence-electron chi connectivity index (χ0n) is 10.6. The highest BCUT2D eigenvalue weighted by Crippen LogP contribution is 2.26. The Bertz CT molecular complexity index is 715. The number of anilines is 2. The van der Waals surface area contributed by atoms with Gasteiger partial charge >= 0.3 is 0 Å². The summed E-state index contributed by atoms with van der Waals surface area (Å²) in [5, 5.41) is 0. The van der Waals surface area contributed by atoms with Gasteiger partial charge in [0.15, 0.2) is 0 Å². The number of benzene rings is 2. The van der Waals surface area contributed by atoms with Crippen LogP contribution in [0, 0.1) is 0 Å². The number of halogens is 1. The molecule has 0 aliphatic carbocycles. The van der Waals surface area contributed by atoms with Crippen molar-refractivity contribution in [2.75, 3.05) is 17.6 Å². The van der Waals surface area contributed by atoms with E-state index in [2.05, 4.69) is 20.7 Å². The molecule has 0 aromatic heterocycles. The largest absolute Gasteiger partial charge is 0.497 e. The molecule has 20 heavy (non-hydrogen) atoms. The fraction of sp³-hybridized carbons (Fsp3) is 0.0769. The summed E-state index contributed by atoms with van der Waals surface area (Å²) >= 11 is 3.21. The average Bonchev–Trinajstić information content (AvgIpc) is 2.42. The normalized spacial score (nSPS) is 11.1. The number of nitrogens with one attached hydrogen (secondary N) is 1. The van der Waals surface area contributed by atoms with Crippen LogP contribution in [0.4, 0.5) is 11.4 Å². The fourth-order valence-corrected chi connectivity index (χ4v) is 3.65. The van der Waals surface area contributed by atoms with E-state index in [-0.39, 0.29) is 4.90 Å². The van der Waals surface area contributed by atoms with Gasteiger partial charge in [0.25, 0.3) is 10.0 Å². The number of hydrogen-bond acceptors (Lipinski definition) is 4. The van der Waals surface area contributed by atoms with Gasteiger partial charge in [0, 0.05) is 15.8 Å². The number of ether oxygens (including phenoxy) is 1. The SMILES string of the molecule is COc1ccc(NS(=O)(=O)c2cc(N)ccc2Br)cc1. The highest BCUT2D eigenvalue weighted by Gasteiger charge is 2.18. The second-order valence-electron chi connectivity index (χ2n) is 4.02. The van der Waals surface area contributed by atoms with Crippen LogP contribution in [0.25, 0.3) is 0 Å². The van der Waals surface area contributed by atoms with E-state index in [1.54, 1.807) is 43.5 Å². The Labute approximate surface area is 125 Å². The van der Waals surface area contributed by atoms with Crippen LogP contribution in [-0.2, 0) is 10.0 Å². The van der Waals surface area contributed by atoms with Crippen molar-refractivity contribution in [2.24, 2.45) is 0 Å². The first-order chi connectivity index (χ1) is 9.42. The number of methoxy groups -OCH3 is 1. The molecule has 2 aromatic rings. The molecule has 2 aromatic carbocycles. The van der Waals surface area contributed by atoms with Gasteiger partial charge in [-0.05, 0) is 58.4 Å². The first-order valence-corrected chi connectivity index (χ1v) is 7.92.